The maximum absolute atomic E-state index is 2.46. The Morgan fingerprint density at radius 1 is 0.354 bits per heavy atom. The van der Waals surface area contributed by atoms with E-state index < -0.39 is 0 Å². The fraction of sp³-hybridized carbons (Fsp3) is 0.0968. The first-order valence-corrected chi connectivity index (χ1v) is 22.8. The Balaban J connectivity index is 0.954. The van der Waals surface area contributed by atoms with Gasteiger partial charge in [0.05, 0.1) is 16.6 Å². The normalized spacial score (nSPS) is 14.1. The molecule has 65 heavy (non-hydrogen) atoms. The molecule has 0 aliphatic heterocycles. The SMILES string of the molecule is CC1(C)c2ccccc2-c2ccc(N(c3ccc(-c4ccc5c(c4)c4cc6c(ccn6-c6ccccc6)cc4n5-c4ccccc4)cc3)c3ccc4c(c3)C(C)(C)c3ccccc3-4)cc21. The predicted octanol–water partition coefficient (Wildman–Crippen LogP) is 16.5. The lowest BCUT2D eigenvalue weighted by atomic mass is 9.82. The van der Waals surface area contributed by atoms with Gasteiger partial charge in [-0.25, -0.2) is 0 Å². The zero-order chi connectivity index (χ0) is 43.6. The highest BCUT2D eigenvalue weighted by Crippen LogP contribution is 2.53. The molecule has 0 bridgehead atoms. The molecule has 3 heteroatoms. The molecule has 0 radical (unpaired) electrons. The second-order valence-electron chi connectivity index (χ2n) is 19.0. The summed E-state index contributed by atoms with van der Waals surface area (Å²) in [5, 5.41) is 3.69. The molecule has 2 aliphatic rings. The van der Waals surface area contributed by atoms with Crippen LogP contribution in [0.25, 0.3) is 77.5 Å². The molecule has 2 aromatic heterocycles. The molecular formula is C62H47N3. The molecule has 0 fully saturated rings. The van der Waals surface area contributed by atoms with Crippen LogP contribution in [0.5, 0.6) is 0 Å². The summed E-state index contributed by atoms with van der Waals surface area (Å²) in [7, 11) is 0. The van der Waals surface area contributed by atoms with Crippen LogP contribution >= 0.6 is 0 Å². The van der Waals surface area contributed by atoms with Crippen molar-refractivity contribution in [3.05, 3.63) is 235 Å². The Morgan fingerprint density at radius 3 is 1.48 bits per heavy atom. The topological polar surface area (TPSA) is 13.1 Å². The van der Waals surface area contributed by atoms with Crippen LogP contribution < -0.4 is 4.90 Å². The molecule has 0 spiro atoms. The number of rotatable bonds is 6. The summed E-state index contributed by atoms with van der Waals surface area (Å²) in [6.45, 7) is 9.47. The highest BCUT2D eigenvalue weighted by atomic mass is 15.1. The van der Waals surface area contributed by atoms with Crippen molar-refractivity contribution in [2.75, 3.05) is 4.90 Å². The predicted molar refractivity (Wildman–Crippen MR) is 273 cm³/mol. The number of fused-ring (bicyclic) bond motifs is 10. The third-order valence-corrected chi connectivity index (χ3v) is 14.7. The van der Waals surface area contributed by atoms with Crippen molar-refractivity contribution in [1.29, 1.82) is 0 Å². The summed E-state index contributed by atoms with van der Waals surface area (Å²) in [5.41, 5.74) is 22.3. The van der Waals surface area contributed by atoms with Gasteiger partial charge in [-0.05, 0) is 147 Å². The van der Waals surface area contributed by atoms with Gasteiger partial charge >= 0.3 is 0 Å². The van der Waals surface area contributed by atoms with Crippen LogP contribution in [0.1, 0.15) is 49.9 Å². The van der Waals surface area contributed by atoms with Gasteiger partial charge in [-0.2, -0.15) is 0 Å². The molecule has 310 valence electrons. The lowest BCUT2D eigenvalue weighted by Crippen LogP contribution is -2.18. The largest absolute Gasteiger partial charge is 0.317 e. The first-order chi connectivity index (χ1) is 31.7. The van der Waals surface area contributed by atoms with Gasteiger partial charge in [0, 0.05) is 61.6 Å². The van der Waals surface area contributed by atoms with Crippen LogP contribution in [0.2, 0.25) is 0 Å². The molecule has 0 atom stereocenters. The second-order valence-corrected chi connectivity index (χ2v) is 19.0. The number of hydrogen-bond acceptors (Lipinski definition) is 1. The van der Waals surface area contributed by atoms with E-state index in [2.05, 4.69) is 254 Å². The zero-order valence-corrected chi connectivity index (χ0v) is 37.0. The first kappa shape index (κ1) is 37.7. The first-order valence-electron chi connectivity index (χ1n) is 22.8. The van der Waals surface area contributed by atoms with E-state index in [1.165, 1.54) is 88.3 Å². The van der Waals surface area contributed by atoms with Crippen LogP contribution in [0, 0.1) is 0 Å². The van der Waals surface area contributed by atoms with Crippen LogP contribution in [-0.2, 0) is 10.8 Å². The van der Waals surface area contributed by atoms with Crippen molar-refractivity contribution in [2.24, 2.45) is 0 Å². The number of para-hydroxylation sites is 2. The minimum absolute atomic E-state index is 0.113. The van der Waals surface area contributed by atoms with E-state index in [1.807, 2.05) is 0 Å². The monoisotopic (exact) mass is 833 g/mol. The second kappa shape index (κ2) is 13.8. The summed E-state index contributed by atoms with van der Waals surface area (Å²) in [5.74, 6) is 0. The molecule has 9 aromatic carbocycles. The van der Waals surface area contributed by atoms with E-state index in [4.69, 9.17) is 0 Å². The Labute approximate surface area is 380 Å². The van der Waals surface area contributed by atoms with E-state index in [0.717, 1.165) is 28.4 Å². The molecule has 11 aromatic rings. The summed E-state index contributed by atoms with van der Waals surface area (Å²) in [4.78, 5) is 2.46. The zero-order valence-electron chi connectivity index (χ0n) is 37.0. The molecule has 2 aliphatic carbocycles. The average molecular weight is 834 g/mol. The van der Waals surface area contributed by atoms with Crippen molar-refractivity contribution in [1.82, 2.24) is 9.13 Å². The van der Waals surface area contributed by atoms with Gasteiger partial charge in [0.25, 0.3) is 0 Å². The fourth-order valence-corrected chi connectivity index (χ4v) is 11.4. The van der Waals surface area contributed by atoms with E-state index in [9.17, 15) is 0 Å². The number of hydrogen-bond donors (Lipinski definition) is 0. The molecule has 0 saturated carbocycles. The average Bonchev–Trinajstić information content (AvgIpc) is 4.04. The van der Waals surface area contributed by atoms with Crippen LogP contribution in [0.4, 0.5) is 17.1 Å². The van der Waals surface area contributed by atoms with Crippen molar-refractivity contribution in [3.63, 3.8) is 0 Å². The summed E-state index contributed by atoms with van der Waals surface area (Å²) in [6.07, 6.45) is 2.19. The summed E-state index contributed by atoms with van der Waals surface area (Å²) < 4.78 is 4.72. The molecule has 0 saturated heterocycles. The third kappa shape index (κ3) is 5.55. The number of nitrogens with zero attached hydrogens (tertiary/aromatic N) is 3. The van der Waals surface area contributed by atoms with Crippen molar-refractivity contribution < 1.29 is 0 Å². The minimum atomic E-state index is -0.113. The van der Waals surface area contributed by atoms with Gasteiger partial charge in [0.1, 0.15) is 0 Å². The standard InChI is InChI=1S/C62H47N3/c1-61(2)54-21-13-11-19-48(54)50-30-28-46(37-56(50)61)64(47-29-31-51-49-20-12-14-22-55(49)62(3,4)57(51)38-47)45-26-23-40(24-27-45)41-25-32-58-52(35-41)53-39-59-42(33-34-63(59)43-15-7-5-8-16-43)36-60(53)65(58)44-17-9-6-10-18-44/h5-39H,1-4H3. The Bertz CT molecular complexity index is 3590. The third-order valence-electron chi connectivity index (χ3n) is 14.7. The molecule has 13 rings (SSSR count). The minimum Gasteiger partial charge on any atom is -0.317 e. The Morgan fingerprint density at radius 2 is 0.862 bits per heavy atom. The van der Waals surface area contributed by atoms with Gasteiger partial charge in [0.2, 0.25) is 0 Å². The van der Waals surface area contributed by atoms with Crippen molar-refractivity contribution in [2.45, 2.75) is 38.5 Å². The quantitative estimate of drug-likeness (QED) is 0.163. The van der Waals surface area contributed by atoms with E-state index in [-0.39, 0.29) is 10.8 Å². The van der Waals surface area contributed by atoms with Crippen LogP contribution in [-0.4, -0.2) is 9.13 Å². The fourth-order valence-electron chi connectivity index (χ4n) is 11.4. The highest BCUT2D eigenvalue weighted by molar-refractivity contribution is 6.14. The van der Waals surface area contributed by atoms with Gasteiger partial charge in [-0.15, -0.1) is 0 Å². The molecular weight excluding hydrogens is 787 g/mol. The highest BCUT2D eigenvalue weighted by Gasteiger charge is 2.37. The van der Waals surface area contributed by atoms with E-state index in [0.29, 0.717) is 0 Å². The van der Waals surface area contributed by atoms with Crippen molar-refractivity contribution in [3.8, 4) is 44.8 Å². The van der Waals surface area contributed by atoms with Gasteiger partial charge in [0.15, 0.2) is 0 Å². The maximum Gasteiger partial charge on any atom is 0.0548 e. The van der Waals surface area contributed by atoms with Gasteiger partial charge in [-0.1, -0.05) is 143 Å². The molecule has 0 amide bonds. The maximum atomic E-state index is 2.46. The summed E-state index contributed by atoms with van der Waals surface area (Å²) >= 11 is 0. The van der Waals surface area contributed by atoms with Crippen LogP contribution in [0.15, 0.2) is 212 Å². The Kier molecular flexibility index (Phi) is 8.00. The van der Waals surface area contributed by atoms with E-state index in [1.54, 1.807) is 0 Å². The lowest BCUT2D eigenvalue weighted by molar-refractivity contribution is 0.660. The Hall–Kier alpha value is -7.88. The number of aromatic nitrogens is 2. The smallest absolute Gasteiger partial charge is 0.0548 e. The van der Waals surface area contributed by atoms with Crippen molar-refractivity contribution >= 4 is 49.8 Å². The molecule has 2 heterocycles. The molecule has 3 nitrogen and oxygen atoms in total. The van der Waals surface area contributed by atoms with Gasteiger partial charge in [-0.3, -0.25) is 0 Å². The lowest BCUT2D eigenvalue weighted by Gasteiger charge is -2.30. The van der Waals surface area contributed by atoms with Crippen LogP contribution in [0.3, 0.4) is 0 Å². The number of anilines is 3. The summed E-state index contributed by atoms with van der Waals surface area (Å²) in [6, 6.07) is 76.6. The van der Waals surface area contributed by atoms with E-state index >= 15 is 0 Å². The number of benzene rings is 9. The van der Waals surface area contributed by atoms with Gasteiger partial charge < -0.3 is 14.0 Å². The molecule has 0 unspecified atom stereocenters. The molecule has 0 N–H and O–H groups in total.